The summed E-state index contributed by atoms with van der Waals surface area (Å²) in [5.74, 6) is 0.213. The summed E-state index contributed by atoms with van der Waals surface area (Å²) in [5, 5.41) is 6.57. The number of piperidine rings is 1. The van der Waals surface area contributed by atoms with Gasteiger partial charge in [0, 0.05) is 53.9 Å². The summed E-state index contributed by atoms with van der Waals surface area (Å²) in [7, 11) is 0. The van der Waals surface area contributed by atoms with Crippen molar-refractivity contribution in [2.24, 2.45) is 16.7 Å². The number of rotatable bonds is 6. The SMILES string of the molecule is CC1(C)C(C(=O)N2CCC(c3nc(C(=O)NCCc4c[nH]c5ccc(F)cc45)cs3)CC2)C1(C)C. The molecule has 8 heteroatoms. The Bertz CT molecular complexity index is 1260. The van der Waals surface area contributed by atoms with Crippen LogP contribution < -0.4 is 5.32 Å². The number of hydrogen-bond donors (Lipinski definition) is 2. The van der Waals surface area contributed by atoms with Gasteiger partial charge in [-0.3, -0.25) is 9.59 Å². The number of halogens is 1. The highest BCUT2D eigenvalue weighted by Crippen LogP contribution is 2.68. The molecule has 3 aromatic rings. The molecule has 5 rings (SSSR count). The lowest BCUT2D eigenvalue weighted by Gasteiger charge is -2.31. The number of hydrogen-bond acceptors (Lipinski definition) is 4. The Hall–Kier alpha value is -2.74. The van der Waals surface area contributed by atoms with Gasteiger partial charge < -0.3 is 15.2 Å². The van der Waals surface area contributed by atoms with Crippen molar-refractivity contribution in [1.82, 2.24) is 20.2 Å². The second kappa shape index (κ2) is 8.73. The van der Waals surface area contributed by atoms with Crippen LogP contribution in [0, 0.1) is 22.6 Å². The van der Waals surface area contributed by atoms with Crippen LogP contribution in [0.1, 0.15) is 67.5 Å². The number of amides is 2. The van der Waals surface area contributed by atoms with Gasteiger partial charge in [-0.25, -0.2) is 9.37 Å². The second-order valence-corrected chi connectivity index (χ2v) is 11.9. The van der Waals surface area contributed by atoms with Gasteiger partial charge >= 0.3 is 0 Å². The quantitative estimate of drug-likeness (QED) is 0.497. The Morgan fingerprint density at radius 3 is 2.60 bits per heavy atom. The highest BCUT2D eigenvalue weighted by Gasteiger charge is 2.68. The van der Waals surface area contributed by atoms with Crippen LogP contribution in [-0.4, -0.2) is 46.3 Å². The largest absolute Gasteiger partial charge is 0.361 e. The van der Waals surface area contributed by atoms with Crippen LogP contribution in [-0.2, 0) is 11.2 Å². The molecule has 6 nitrogen and oxygen atoms in total. The van der Waals surface area contributed by atoms with E-state index in [2.05, 4.69) is 43.0 Å². The Kier molecular flexibility index (Phi) is 5.98. The van der Waals surface area contributed by atoms with Gasteiger partial charge in [-0.15, -0.1) is 11.3 Å². The molecule has 2 aliphatic rings. The molecule has 1 aliphatic heterocycles. The number of nitrogens with one attached hydrogen (secondary N) is 2. The zero-order valence-corrected chi connectivity index (χ0v) is 21.6. The summed E-state index contributed by atoms with van der Waals surface area (Å²) in [6.07, 6.45) is 4.23. The molecule has 0 unspecified atom stereocenters. The average molecular weight is 497 g/mol. The first-order valence-corrected chi connectivity index (χ1v) is 13.3. The highest BCUT2D eigenvalue weighted by molar-refractivity contribution is 7.09. The molecule has 1 aliphatic carbocycles. The minimum atomic E-state index is -0.271. The predicted octanol–water partition coefficient (Wildman–Crippen LogP) is 5.12. The van der Waals surface area contributed by atoms with E-state index in [1.165, 1.54) is 23.5 Å². The lowest BCUT2D eigenvalue weighted by atomic mass is 9.96. The van der Waals surface area contributed by atoms with Crippen molar-refractivity contribution in [3.05, 3.63) is 51.9 Å². The first-order chi connectivity index (χ1) is 16.6. The van der Waals surface area contributed by atoms with E-state index in [0.29, 0.717) is 18.7 Å². The average Bonchev–Trinajstić information content (AvgIpc) is 3.28. The van der Waals surface area contributed by atoms with Gasteiger partial charge in [-0.05, 0) is 53.9 Å². The summed E-state index contributed by atoms with van der Waals surface area (Å²) in [6, 6.07) is 4.67. The number of fused-ring (bicyclic) bond motifs is 1. The minimum Gasteiger partial charge on any atom is -0.361 e. The van der Waals surface area contributed by atoms with Crippen LogP contribution in [0.5, 0.6) is 0 Å². The molecule has 3 heterocycles. The van der Waals surface area contributed by atoms with Crippen LogP contribution in [0.4, 0.5) is 4.39 Å². The third-order valence-corrected chi connectivity index (χ3v) is 9.59. The third kappa shape index (κ3) is 4.26. The van der Waals surface area contributed by atoms with Crippen molar-refractivity contribution in [2.45, 2.75) is 52.9 Å². The third-order valence-electron chi connectivity index (χ3n) is 8.59. The van der Waals surface area contributed by atoms with E-state index in [4.69, 9.17) is 0 Å². The van der Waals surface area contributed by atoms with Crippen molar-refractivity contribution >= 4 is 34.1 Å². The number of benzene rings is 1. The maximum atomic E-state index is 13.6. The number of thiazole rings is 1. The normalized spacial score (nSPS) is 19.7. The molecule has 186 valence electrons. The van der Waals surface area contributed by atoms with Gasteiger partial charge in [-0.2, -0.15) is 0 Å². The molecule has 2 fully saturated rings. The van der Waals surface area contributed by atoms with E-state index in [1.54, 1.807) is 6.07 Å². The van der Waals surface area contributed by atoms with E-state index >= 15 is 0 Å². The molecular formula is C27H33FN4O2S. The number of carbonyl (C=O) groups excluding carboxylic acids is 2. The standard InChI is InChI=1S/C27H33FN4O2S/c1-26(2)22(27(26,3)4)25(34)32-11-8-16(9-12-32)24-31-21(15-35-24)23(33)29-10-7-17-14-30-20-6-5-18(28)13-19(17)20/h5-6,13-16,22,30H,7-12H2,1-4H3,(H,29,33). The zero-order chi connectivity index (χ0) is 25.0. The van der Waals surface area contributed by atoms with Gasteiger partial charge in [0.1, 0.15) is 11.5 Å². The first-order valence-electron chi connectivity index (χ1n) is 12.4. The lowest BCUT2D eigenvalue weighted by molar-refractivity contribution is -0.134. The number of aromatic amines is 1. The van der Waals surface area contributed by atoms with Crippen molar-refractivity contribution in [3.63, 3.8) is 0 Å². The van der Waals surface area contributed by atoms with E-state index < -0.39 is 0 Å². The number of likely N-dealkylation sites (tertiary alicyclic amines) is 1. The Morgan fingerprint density at radius 2 is 1.91 bits per heavy atom. The summed E-state index contributed by atoms with van der Waals surface area (Å²) in [5.41, 5.74) is 2.41. The van der Waals surface area contributed by atoms with Crippen LogP contribution >= 0.6 is 11.3 Å². The summed E-state index contributed by atoms with van der Waals surface area (Å²) < 4.78 is 13.6. The van der Waals surface area contributed by atoms with Crippen LogP contribution in [0.25, 0.3) is 10.9 Å². The van der Waals surface area contributed by atoms with E-state index in [0.717, 1.165) is 47.4 Å². The molecule has 0 spiro atoms. The Balaban J connectivity index is 1.12. The number of nitrogens with zero attached hydrogens (tertiary/aromatic N) is 2. The first kappa shape index (κ1) is 24.0. The van der Waals surface area contributed by atoms with Crippen LogP contribution in [0.15, 0.2) is 29.8 Å². The van der Waals surface area contributed by atoms with E-state index in [9.17, 15) is 14.0 Å². The summed E-state index contributed by atoms with van der Waals surface area (Å²) >= 11 is 1.52. The second-order valence-electron chi connectivity index (χ2n) is 11.1. The molecular weight excluding hydrogens is 463 g/mol. The van der Waals surface area contributed by atoms with E-state index in [1.807, 2.05) is 16.5 Å². The molecule has 0 radical (unpaired) electrons. The Labute approximate surface area is 209 Å². The maximum absolute atomic E-state index is 13.6. The highest BCUT2D eigenvalue weighted by atomic mass is 32.1. The molecule has 1 saturated heterocycles. The molecule has 1 saturated carbocycles. The molecule has 0 bridgehead atoms. The Morgan fingerprint density at radius 1 is 1.20 bits per heavy atom. The molecule has 1 aromatic carbocycles. The fraction of sp³-hybridized carbons (Fsp3) is 0.519. The fourth-order valence-corrected chi connectivity index (χ4v) is 6.65. The summed E-state index contributed by atoms with van der Waals surface area (Å²) in [6.45, 7) is 10.7. The molecule has 0 atom stereocenters. The van der Waals surface area contributed by atoms with Gasteiger partial charge in [0.25, 0.3) is 5.91 Å². The number of aromatic nitrogens is 2. The monoisotopic (exact) mass is 496 g/mol. The molecule has 2 aromatic heterocycles. The molecule has 35 heavy (non-hydrogen) atoms. The summed E-state index contributed by atoms with van der Waals surface area (Å²) in [4.78, 5) is 35.5. The van der Waals surface area contributed by atoms with E-state index in [-0.39, 0.29) is 40.3 Å². The smallest absolute Gasteiger partial charge is 0.270 e. The number of carbonyl (C=O) groups is 2. The number of H-pyrrole nitrogens is 1. The maximum Gasteiger partial charge on any atom is 0.270 e. The van der Waals surface area contributed by atoms with Gasteiger partial charge in [-0.1, -0.05) is 27.7 Å². The molecule has 2 N–H and O–H groups in total. The van der Waals surface area contributed by atoms with Crippen LogP contribution in [0.3, 0.4) is 0 Å². The van der Waals surface area contributed by atoms with Gasteiger partial charge in [0.15, 0.2) is 0 Å². The zero-order valence-electron chi connectivity index (χ0n) is 20.8. The van der Waals surface area contributed by atoms with Crippen molar-refractivity contribution in [2.75, 3.05) is 19.6 Å². The van der Waals surface area contributed by atoms with Crippen LogP contribution in [0.2, 0.25) is 0 Å². The fourth-order valence-electron chi connectivity index (χ4n) is 5.68. The van der Waals surface area contributed by atoms with Crippen molar-refractivity contribution in [1.29, 1.82) is 0 Å². The predicted molar refractivity (Wildman–Crippen MR) is 136 cm³/mol. The molecule has 2 amide bonds. The van der Waals surface area contributed by atoms with Gasteiger partial charge in [0.2, 0.25) is 5.91 Å². The van der Waals surface area contributed by atoms with Crippen molar-refractivity contribution < 1.29 is 14.0 Å². The minimum absolute atomic E-state index is 0.0584. The lowest BCUT2D eigenvalue weighted by Crippen LogP contribution is -2.40. The topological polar surface area (TPSA) is 78.1 Å². The van der Waals surface area contributed by atoms with Gasteiger partial charge in [0.05, 0.1) is 5.01 Å². The van der Waals surface area contributed by atoms with Crippen molar-refractivity contribution in [3.8, 4) is 0 Å².